The van der Waals surface area contributed by atoms with Gasteiger partial charge in [-0.3, -0.25) is 0 Å². The second kappa shape index (κ2) is 10.3. The predicted octanol–water partition coefficient (Wildman–Crippen LogP) is 6.09. The van der Waals surface area contributed by atoms with E-state index >= 15 is 0 Å². The van der Waals surface area contributed by atoms with Crippen LogP contribution in [0, 0.1) is 0 Å². The third-order valence-electron chi connectivity index (χ3n) is 4.51. The molecule has 2 aromatic carbocycles. The smallest absolute Gasteiger partial charge is 0.338 e. The van der Waals surface area contributed by atoms with Crippen molar-refractivity contribution in [3.63, 3.8) is 0 Å². The fourth-order valence-electron chi connectivity index (χ4n) is 2.92. The van der Waals surface area contributed by atoms with E-state index in [4.69, 9.17) is 14.2 Å². The SMILES string of the molecule is CCOc1ccc(C(=O)OCc2csc(-c3ccc(C(C)C)cc3)n2)cc1OCC. The van der Waals surface area contributed by atoms with Crippen LogP contribution < -0.4 is 9.47 Å². The van der Waals surface area contributed by atoms with Gasteiger partial charge in [0.15, 0.2) is 11.5 Å². The van der Waals surface area contributed by atoms with Crippen molar-refractivity contribution in [2.45, 2.75) is 40.2 Å². The minimum absolute atomic E-state index is 0.122. The summed E-state index contributed by atoms with van der Waals surface area (Å²) in [4.78, 5) is 17.1. The molecule has 3 aromatic rings. The largest absolute Gasteiger partial charge is 0.490 e. The summed E-state index contributed by atoms with van der Waals surface area (Å²) in [5, 5.41) is 2.83. The van der Waals surface area contributed by atoms with Crippen LogP contribution in [0.15, 0.2) is 47.8 Å². The molecule has 0 N–H and O–H groups in total. The van der Waals surface area contributed by atoms with Gasteiger partial charge in [-0.1, -0.05) is 38.1 Å². The summed E-state index contributed by atoms with van der Waals surface area (Å²) in [5.41, 5.74) is 3.51. The van der Waals surface area contributed by atoms with Crippen LogP contribution in [0.5, 0.6) is 11.5 Å². The van der Waals surface area contributed by atoms with Gasteiger partial charge < -0.3 is 14.2 Å². The van der Waals surface area contributed by atoms with Gasteiger partial charge in [0.05, 0.1) is 24.5 Å². The van der Waals surface area contributed by atoms with Crippen molar-refractivity contribution in [1.29, 1.82) is 0 Å². The third-order valence-corrected chi connectivity index (χ3v) is 5.45. The van der Waals surface area contributed by atoms with E-state index in [9.17, 15) is 4.79 Å². The number of hydrogen-bond acceptors (Lipinski definition) is 6. The molecule has 5 nitrogen and oxygen atoms in total. The first-order valence-corrected chi connectivity index (χ1v) is 11.0. The molecule has 0 aliphatic heterocycles. The van der Waals surface area contributed by atoms with Gasteiger partial charge in [-0.05, 0) is 43.5 Å². The highest BCUT2D eigenvalue weighted by molar-refractivity contribution is 7.13. The molecule has 0 unspecified atom stereocenters. The normalized spacial score (nSPS) is 10.8. The van der Waals surface area contributed by atoms with Gasteiger partial charge in [-0.2, -0.15) is 0 Å². The minimum atomic E-state index is -0.421. The Bertz CT molecular complexity index is 979. The van der Waals surface area contributed by atoms with Crippen molar-refractivity contribution in [3.8, 4) is 22.1 Å². The summed E-state index contributed by atoms with van der Waals surface area (Å²) in [6.45, 7) is 9.26. The van der Waals surface area contributed by atoms with Crippen LogP contribution in [0.2, 0.25) is 0 Å². The molecule has 0 spiro atoms. The van der Waals surface area contributed by atoms with E-state index in [1.165, 1.54) is 5.56 Å². The van der Waals surface area contributed by atoms with E-state index in [1.54, 1.807) is 29.5 Å². The molecule has 0 atom stereocenters. The monoisotopic (exact) mass is 425 g/mol. The molecule has 158 valence electrons. The van der Waals surface area contributed by atoms with E-state index in [0.717, 1.165) is 16.3 Å². The second-order valence-electron chi connectivity index (χ2n) is 7.02. The zero-order chi connectivity index (χ0) is 21.5. The van der Waals surface area contributed by atoms with E-state index in [1.807, 2.05) is 19.2 Å². The molecule has 0 bridgehead atoms. The third kappa shape index (κ3) is 5.39. The van der Waals surface area contributed by atoms with Crippen molar-refractivity contribution >= 4 is 17.3 Å². The first-order valence-electron chi connectivity index (χ1n) is 10.1. The van der Waals surface area contributed by atoms with Gasteiger partial charge in [0.25, 0.3) is 0 Å². The van der Waals surface area contributed by atoms with Crippen molar-refractivity contribution in [3.05, 3.63) is 64.7 Å². The molecular formula is C24H27NO4S. The average Bonchev–Trinajstić information content (AvgIpc) is 3.23. The summed E-state index contributed by atoms with van der Waals surface area (Å²) in [6, 6.07) is 13.5. The van der Waals surface area contributed by atoms with Gasteiger partial charge in [-0.15, -0.1) is 11.3 Å². The number of hydrogen-bond donors (Lipinski definition) is 0. The number of nitrogens with zero attached hydrogens (tertiary/aromatic N) is 1. The Hall–Kier alpha value is -2.86. The molecule has 0 amide bonds. The molecule has 0 radical (unpaired) electrons. The van der Waals surface area contributed by atoms with E-state index in [-0.39, 0.29) is 6.61 Å². The molecule has 0 aliphatic carbocycles. The van der Waals surface area contributed by atoms with Gasteiger partial charge in [0, 0.05) is 10.9 Å². The lowest BCUT2D eigenvalue weighted by Crippen LogP contribution is -2.07. The maximum Gasteiger partial charge on any atom is 0.338 e. The number of benzene rings is 2. The number of carbonyl (C=O) groups excluding carboxylic acids is 1. The molecule has 0 fully saturated rings. The minimum Gasteiger partial charge on any atom is -0.490 e. The number of ether oxygens (including phenoxy) is 3. The van der Waals surface area contributed by atoms with E-state index in [2.05, 4.69) is 43.1 Å². The maximum absolute atomic E-state index is 12.5. The number of carbonyl (C=O) groups is 1. The molecule has 0 saturated carbocycles. The first-order chi connectivity index (χ1) is 14.5. The van der Waals surface area contributed by atoms with Crippen LogP contribution >= 0.6 is 11.3 Å². The van der Waals surface area contributed by atoms with Crippen LogP contribution in [0.3, 0.4) is 0 Å². The Labute approximate surface area is 181 Å². The van der Waals surface area contributed by atoms with E-state index < -0.39 is 5.97 Å². The van der Waals surface area contributed by atoms with Crippen molar-refractivity contribution in [1.82, 2.24) is 4.98 Å². The van der Waals surface area contributed by atoms with Crippen molar-refractivity contribution < 1.29 is 19.0 Å². The molecule has 30 heavy (non-hydrogen) atoms. The molecule has 3 rings (SSSR count). The van der Waals surface area contributed by atoms with Crippen LogP contribution in [0.25, 0.3) is 10.6 Å². The Morgan fingerprint density at radius 2 is 1.70 bits per heavy atom. The molecule has 6 heteroatoms. The van der Waals surface area contributed by atoms with Crippen LogP contribution in [-0.4, -0.2) is 24.2 Å². The quantitative estimate of drug-likeness (QED) is 0.388. The second-order valence-corrected chi connectivity index (χ2v) is 7.88. The van der Waals surface area contributed by atoms with Crippen molar-refractivity contribution in [2.75, 3.05) is 13.2 Å². The topological polar surface area (TPSA) is 57.7 Å². The van der Waals surface area contributed by atoms with Crippen LogP contribution in [0.4, 0.5) is 0 Å². The molecular weight excluding hydrogens is 398 g/mol. The highest BCUT2D eigenvalue weighted by Gasteiger charge is 2.14. The summed E-state index contributed by atoms with van der Waals surface area (Å²) >= 11 is 1.54. The highest BCUT2D eigenvalue weighted by Crippen LogP contribution is 2.29. The molecule has 0 saturated heterocycles. The molecule has 1 heterocycles. The first kappa shape index (κ1) is 21.8. The van der Waals surface area contributed by atoms with Crippen molar-refractivity contribution in [2.24, 2.45) is 0 Å². The van der Waals surface area contributed by atoms with Crippen LogP contribution in [-0.2, 0) is 11.3 Å². The van der Waals surface area contributed by atoms with Gasteiger partial charge in [-0.25, -0.2) is 9.78 Å². The Morgan fingerprint density at radius 1 is 1.00 bits per heavy atom. The number of thiazole rings is 1. The maximum atomic E-state index is 12.5. The van der Waals surface area contributed by atoms with Gasteiger partial charge >= 0.3 is 5.97 Å². The summed E-state index contributed by atoms with van der Waals surface area (Å²) in [7, 11) is 0. The average molecular weight is 426 g/mol. The predicted molar refractivity (Wildman–Crippen MR) is 120 cm³/mol. The summed E-state index contributed by atoms with van der Waals surface area (Å²) < 4.78 is 16.6. The van der Waals surface area contributed by atoms with Gasteiger partial charge in [0.2, 0.25) is 0 Å². The number of esters is 1. The lowest BCUT2D eigenvalue weighted by molar-refractivity contribution is 0.0468. The van der Waals surface area contributed by atoms with Gasteiger partial charge in [0.1, 0.15) is 11.6 Å². The van der Waals surface area contributed by atoms with Crippen LogP contribution in [0.1, 0.15) is 55.2 Å². The number of aromatic nitrogens is 1. The Morgan fingerprint density at radius 3 is 2.37 bits per heavy atom. The fraction of sp³-hybridized carbons (Fsp3) is 0.333. The lowest BCUT2D eigenvalue weighted by atomic mass is 10.0. The van der Waals surface area contributed by atoms with E-state index in [0.29, 0.717) is 36.2 Å². The zero-order valence-corrected chi connectivity index (χ0v) is 18.6. The standard InChI is InChI=1S/C24H27NO4S/c1-5-27-21-12-11-19(13-22(21)28-6-2)24(26)29-14-20-15-30-23(25-20)18-9-7-17(8-10-18)16(3)4/h7-13,15-16H,5-6,14H2,1-4H3. The highest BCUT2D eigenvalue weighted by atomic mass is 32.1. The fourth-order valence-corrected chi connectivity index (χ4v) is 3.73. The number of rotatable bonds is 9. The molecule has 1 aromatic heterocycles. The molecule has 0 aliphatic rings. The zero-order valence-electron chi connectivity index (χ0n) is 17.8. The Kier molecular flexibility index (Phi) is 7.46. The summed E-state index contributed by atoms with van der Waals surface area (Å²) in [5.74, 6) is 1.23. The Balaban J connectivity index is 1.64. The lowest BCUT2D eigenvalue weighted by Gasteiger charge is -2.12. The summed E-state index contributed by atoms with van der Waals surface area (Å²) in [6.07, 6.45) is 0.